The van der Waals surface area contributed by atoms with Gasteiger partial charge < -0.3 is 16.0 Å². The maximum Gasteiger partial charge on any atom is 0.254 e. The predicted molar refractivity (Wildman–Crippen MR) is 99.8 cm³/mol. The highest BCUT2D eigenvalue weighted by atomic mass is 35.5. The second kappa shape index (κ2) is 7.29. The third kappa shape index (κ3) is 3.62. The van der Waals surface area contributed by atoms with E-state index < -0.39 is 0 Å². The van der Waals surface area contributed by atoms with Crippen molar-refractivity contribution in [1.82, 2.24) is 20.2 Å². The van der Waals surface area contributed by atoms with Crippen LogP contribution in [-0.2, 0) is 4.79 Å². The summed E-state index contributed by atoms with van der Waals surface area (Å²) in [6.45, 7) is 4.54. The minimum Gasteiger partial charge on any atom is -0.368 e. The number of aromatic nitrogens is 2. The smallest absolute Gasteiger partial charge is 0.254 e. The largest absolute Gasteiger partial charge is 0.368 e. The van der Waals surface area contributed by atoms with E-state index in [0.29, 0.717) is 41.5 Å². The molecule has 1 aliphatic rings. The van der Waals surface area contributed by atoms with Gasteiger partial charge in [0, 0.05) is 36.7 Å². The molecule has 136 valence electrons. The van der Waals surface area contributed by atoms with Crippen LogP contribution in [0.25, 0.3) is 11.3 Å². The first-order valence-corrected chi connectivity index (χ1v) is 8.72. The third-order valence-corrected chi connectivity index (χ3v) is 4.86. The molecule has 1 aliphatic heterocycles. The van der Waals surface area contributed by atoms with E-state index in [1.165, 1.54) is 0 Å². The van der Waals surface area contributed by atoms with Gasteiger partial charge in [0.1, 0.15) is 0 Å². The van der Waals surface area contributed by atoms with Crippen molar-refractivity contribution < 1.29 is 9.59 Å². The number of halogens is 1. The Labute approximate surface area is 156 Å². The number of aryl methyl sites for hydroxylation is 1. The van der Waals surface area contributed by atoms with Gasteiger partial charge in [-0.2, -0.15) is 0 Å². The zero-order valence-electron chi connectivity index (χ0n) is 14.6. The number of nitrogens with two attached hydrogens (primary N) is 1. The summed E-state index contributed by atoms with van der Waals surface area (Å²) >= 11 is 6.28. The molecule has 26 heavy (non-hydrogen) atoms. The first-order chi connectivity index (χ1) is 12.4. The van der Waals surface area contributed by atoms with Crippen LogP contribution in [-0.4, -0.2) is 45.8 Å². The summed E-state index contributed by atoms with van der Waals surface area (Å²) in [4.78, 5) is 34.3. The zero-order valence-corrected chi connectivity index (χ0v) is 15.4. The van der Waals surface area contributed by atoms with Crippen LogP contribution in [0.4, 0.5) is 5.95 Å². The first-order valence-electron chi connectivity index (χ1n) is 8.34. The van der Waals surface area contributed by atoms with Crippen LogP contribution in [0, 0.1) is 6.92 Å². The highest BCUT2D eigenvalue weighted by molar-refractivity contribution is 6.33. The molecule has 1 aromatic heterocycles. The molecule has 0 aliphatic carbocycles. The lowest BCUT2D eigenvalue weighted by atomic mass is 10.1. The van der Waals surface area contributed by atoms with Crippen molar-refractivity contribution in [1.29, 1.82) is 0 Å². The van der Waals surface area contributed by atoms with Crippen molar-refractivity contribution in [3.8, 4) is 11.3 Å². The summed E-state index contributed by atoms with van der Waals surface area (Å²) in [5.41, 5.74) is 8.15. The van der Waals surface area contributed by atoms with Crippen LogP contribution >= 0.6 is 11.6 Å². The minimum atomic E-state index is -0.106. The van der Waals surface area contributed by atoms with E-state index in [1.807, 2.05) is 6.92 Å². The Morgan fingerprint density at radius 2 is 2.00 bits per heavy atom. The number of nitrogens with zero attached hydrogens (tertiary/aromatic N) is 3. The molecule has 1 saturated heterocycles. The molecule has 8 heteroatoms. The van der Waals surface area contributed by atoms with Crippen LogP contribution in [0.3, 0.4) is 0 Å². The van der Waals surface area contributed by atoms with Gasteiger partial charge in [-0.1, -0.05) is 23.7 Å². The van der Waals surface area contributed by atoms with Gasteiger partial charge in [-0.25, -0.2) is 9.97 Å². The number of carbonyl (C=O) groups excluding carboxylic acids is 2. The second-order valence-electron chi connectivity index (χ2n) is 6.31. The van der Waals surface area contributed by atoms with Crippen molar-refractivity contribution >= 4 is 29.4 Å². The molecule has 0 spiro atoms. The number of amides is 2. The van der Waals surface area contributed by atoms with Crippen molar-refractivity contribution in [2.75, 3.05) is 18.8 Å². The van der Waals surface area contributed by atoms with Gasteiger partial charge in [-0.15, -0.1) is 0 Å². The zero-order chi connectivity index (χ0) is 18.8. The topological polar surface area (TPSA) is 101 Å². The van der Waals surface area contributed by atoms with E-state index in [0.717, 1.165) is 5.56 Å². The number of carbonyl (C=O) groups is 2. The normalized spacial score (nSPS) is 17.6. The Kier molecular flexibility index (Phi) is 5.08. The highest BCUT2D eigenvalue weighted by Crippen LogP contribution is 2.28. The molecule has 1 aromatic carbocycles. The van der Waals surface area contributed by atoms with Gasteiger partial charge in [-0.3, -0.25) is 9.59 Å². The Balaban J connectivity index is 1.86. The third-order valence-electron chi connectivity index (χ3n) is 4.41. The summed E-state index contributed by atoms with van der Waals surface area (Å²) < 4.78 is 0. The number of anilines is 1. The summed E-state index contributed by atoms with van der Waals surface area (Å²) in [6.07, 6.45) is 0.309. The molecule has 7 nitrogen and oxygen atoms in total. The quantitative estimate of drug-likeness (QED) is 0.838. The molecule has 0 saturated carbocycles. The first kappa shape index (κ1) is 18.1. The Morgan fingerprint density at radius 3 is 2.69 bits per heavy atom. The lowest BCUT2D eigenvalue weighted by Gasteiger charge is -2.26. The number of hydrogen-bond donors (Lipinski definition) is 2. The standard InChI is InChI=1S/C18H20ClN5O2/c1-10-9-21-14(25)7-8-24(10)17(26)13-5-3-12(4-6-13)16-15(19)11(2)22-18(20)23-16/h3-6,10H,7-9H2,1-2H3,(H,21,25)(H2,20,22,23)/t10-/m1/s1. The van der Waals surface area contributed by atoms with Gasteiger partial charge in [0.25, 0.3) is 5.91 Å². The molecule has 1 atom stereocenters. The fraction of sp³-hybridized carbons (Fsp3) is 0.333. The average Bonchev–Trinajstić information content (AvgIpc) is 2.79. The lowest BCUT2D eigenvalue weighted by molar-refractivity contribution is -0.120. The van der Waals surface area contributed by atoms with E-state index in [-0.39, 0.29) is 23.8 Å². The summed E-state index contributed by atoms with van der Waals surface area (Å²) in [6, 6.07) is 6.97. The molecule has 2 aromatic rings. The van der Waals surface area contributed by atoms with E-state index in [4.69, 9.17) is 17.3 Å². The van der Waals surface area contributed by atoms with E-state index in [2.05, 4.69) is 15.3 Å². The highest BCUT2D eigenvalue weighted by Gasteiger charge is 2.25. The number of rotatable bonds is 2. The Hall–Kier alpha value is -2.67. The van der Waals surface area contributed by atoms with Gasteiger partial charge in [0.05, 0.1) is 16.4 Å². The van der Waals surface area contributed by atoms with Crippen LogP contribution in [0.5, 0.6) is 0 Å². The molecular formula is C18H20ClN5O2. The van der Waals surface area contributed by atoms with Gasteiger partial charge in [0.2, 0.25) is 11.9 Å². The molecule has 3 N–H and O–H groups in total. The van der Waals surface area contributed by atoms with Crippen LogP contribution in [0.2, 0.25) is 5.02 Å². The molecule has 2 heterocycles. The maximum absolute atomic E-state index is 12.8. The predicted octanol–water partition coefficient (Wildman–Crippen LogP) is 2.04. The number of benzene rings is 1. The monoisotopic (exact) mass is 373 g/mol. The molecule has 0 radical (unpaired) electrons. The number of hydrogen-bond acceptors (Lipinski definition) is 5. The SMILES string of the molecule is Cc1nc(N)nc(-c2ccc(C(=O)N3CCC(=O)NC[C@H]3C)cc2)c1Cl. The van der Waals surface area contributed by atoms with Crippen LogP contribution < -0.4 is 11.1 Å². The fourth-order valence-corrected chi connectivity index (χ4v) is 3.11. The maximum atomic E-state index is 12.8. The molecule has 0 bridgehead atoms. The van der Waals surface area contributed by atoms with Crippen molar-refractivity contribution in [2.24, 2.45) is 0 Å². The van der Waals surface area contributed by atoms with E-state index >= 15 is 0 Å². The molecular weight excluding hydrogens is 354 g/mol. The van der Waals surface area contributed by atoms with Crippen molar-refractivity contribution in [2.45, 2.75) is 26.3 Å². The molecule has 1 fully saturated rings. The van der Waals surface area contributed by atoms with Crippen molar-refractivity contribution in [3.63, 3.8) is 0 Å². The van der Waals surface area contributed by atoms with E-state index in [1.54, 1.807) is 36.1 Å². The summed E-state index contributed by atoms with van der Waals surface area (Å²) in [7, 11) is 0. The van der Waals surface area contributed by atoms with E-state index in [9.17, 15) is 9.59 Å². The second-order valence-corrected chi connectivity index (χ2v) is 6.69. The molecule has 3 rings (SSSR count). The summed E-state index contributed by atoms with van der Waals surface area (Å²) in [5, 5.41) is 3.24. The molecule has 0 unspecified atom stereocenters. The number of nitrogen functional groups attached to an aromatic ring is 1. The Bertz CT molecular complexity index is 853. The van der Waals surface area contributed by atoms with Gasteiger partial charge in [0.15, 0.2) is 0 Å². The fourth-order valence-electron chi connectivity index (χ4n) is 2.91. The minimum absolute atomic E-state index is 0.0335. The lowest BCUT2D eigenvalue weighted by Crippen LogP contribution is -2.41. The van der Waals surface area contributed by atoms with Gasteiger partial charge in [-0.05, 0) is 26.0 Å². The van der Waals surface area contributed by atoms with Crippen LogP contribution in [0.15, 0.2) is 24.3 Å². The van der Waals surface area contributed by atoms with Crippen LogP contribution in [0.1, 0.15) is 29.4 Å². The van der Waals surface area contributed by atoms with Crippen molar-refractivity contribution in [3.05, 3.63) is 40.5 Å². The summed E-state index contributed by atoms with van der Waals surface area (Å²) in [5.74, 6) is 0.0106. The average molecular weight is 374 g/mol. The Morgan fingerprint density at radius 1 is 1.31 bits per heavy atom. The number of nitrogens with one attached hydrogen (secondary N) is 1. The van der Waals surface area contributed by atoms with Gasteiger partial charge >= 0.3 is 0 Å². The molecule has 2 amide bonds.